The van der Waals surface area contributed by atoms with E-state index in [0.717, 1.165) is 4.88 Å². The number of methoxy groups -OCH3 is 1. The van der Waals surface area contributed by atoms with Gasteiger partial charge in [-0.2, -0.15) is 0 Å². The SMILES string of the molecule is COc1ccccc1C(=O)Nc1nnc(Cc2cccs2)o1. The lowest BCUT2D eigenvalue weighted by atomic mass is 10.2. The molecule has 0 atom stereocenters. The van der Waals surface area contributed by atoms with Crippen LogP contribution in [0.25, 0.3) is 0 Å². The third kappa shape index (κ3) is 3.15. The first kappa shape index (κ1) is 14.3. The van der Waals surface area contributed by atoms with E-state index in [1.165, 1.54) is 7.11 Å². The first-order valence-corrected chi connectivity index (χ1v) is 7.43. The van der Waals surface area contributed by atoms with E-state index in [4.69, 9.17) is 9.15 Å². The minimum Gasteiger partial charge on any atom is -0.496 e. The number of amides is 1. The van der Waals surface area contributed by atoms with Gasteiger partial charge in [0.25, 0.3) is 5.91 Å². The minimum atomic E-state index is -0.358. The first-order valence-electron chi connectivity index (χ1n) is 6.55. The van der Waals surface area contributed by atoms with Gasteiger partial charge in [0.2, 0.25) is 5.89 Å². The van der Waals surface area contributed by atoms with Gasteiger partial charge in [0.15, 0.2) is 0 Å². The van der Waals surface area contributed by atoms with Gasteiger partial charge < -0.3 is 9.15 Å². The molecule has 7 heteroatoms. The van der Waals surface area contributed by atoms with Gasteiger partial charge >= 0.3 is 6.01 Å². The van der Waals surface area contributed by atoms with E-state index >= 15 is 0 Å². The van der Waals surface area contributed by atoms with Crippen molar-refractivity contribution in [1.82, 2.24) is 10.2 Å². The van der Waals surface area contributed by atoms with Crippen molar-refractivity contribution >= 4 is 23.3 Å². The molecule has 0 spiro atoms. The topological polar surface area (TPSA) is 77.2 Å². The van der Waals surface area contributed by atoms with Gasteiger partial charge in [0, 0.05) is 4.88 Å². The third-order valence-corrected chi connectivity index (χ3v) is 3.82. The van der Waals surface area contributed by atoms with Crippen LogP contribution in [-0.2, 0) is 6.42 Å². The lowest BCUT2D eigenvalue weighted by molar-refractivity contribution is 0.102. The number of anilines is 1. The predicted octanol–water partition coefficient (Wildman–Crippen LogP) is 2.98. The summed E-state index contributed by atoms with van der Waals surface area (Å²) < 4.78 is 10.6. The van der Waals surface area contributed by atoms with E-state index in [9.17, 15) is 4.79 Å². The molecule has 0 bridgehead atoms. The van der Waals surface area contributed by atoms with Crippen LogP contribution in [-0.4, -0.2) is 23.2 Å². The van der Waals surface area contributed by atoms with Gasteiger partial charge in [-0.15, -0.1) is 16.4 Å². The molecular weight excluding hydrogens is 302 g/mol. The lowest BCUT2D eigenvalue weighted by Crippen LogP contribution is -2.13. The fraction of sp³-hybridized carbons (Fsp3) is 0.133. The Labute approximate surface area is 130 Å². The molecule has 6 nitrogen and oxygen atoms in total. The molecule has 1 amide bonds. The molecule has 0 aliphatic rings. The van der Waals surface area contributed by atoms with Crippen molar-refractivity contribution in [2.45, 2.75) is 6.42 Å². The molecule has 2 heterocycles. The molecular formula is C15H13N3O3S. The zero-order valence-electron chi connectivity index (χ0n) is 11.8. The van der Waals surface area contributed by atoms with Gasteiger partial charge in [-0.1, -0.05) is 23.3 Å². The maximum absolute atomic E-state index is 12.2. The van der Waals surface area contributed by atoms with Gasteiger partial charge in [0.05, 0.1) is 19.1 Å². The zero-order chi connectivity index (χ0) is 15.4. The fourth-order valence-electron chi connectivity index (χ4n) is 1.93. The van der Waals surface area contributed by atoms with Gasteiger partial charge in [0.1, 0.15) is 5.75 Å². The Balaban J connectivity index is 1.70. The normalized spacial score (nSPS) is 10.4. The van der Waals surface area contributed by atoms with E-state index in [1.807, 2.05) is 17.5 Å². The Morgan fingerprint density at radius 2 is 2.14 bits per heavy atom. The number of carbonyl (C=O) groups excluding carboxylic acids is 1. The number of nitrogens with one attached hydrogen (secondary N) is 1. The average Bonchev–Trinajstić information content (AvgIpc) is 3.20. The second kappa shape index (κ2) is 6.40. The Bertz CT molecular complexity index is 768. The molecule has 22 heavy (non-hydrogen) atoms. The van der Waals surface area contributed by atoms with Crippen LogP contribution < -0.4 is 10.1 Å². The maximum Gasteiger partial charge on any atom is 0.322 e. The second-order valence-electron chi connectivity index (χ2n) is 4.41. The minimum absolute atomic E-state index is 0.0717. The summed E-state index contributed by atoms with van der Waals surface area (Å²) in [6.45, 7) is 0. The number of hydrogen-bond donors (Lipinski definition) is 1. The predicted molar refractivity (Wildman–Crippen MR) is 82.4 cm³/mol. The van der Waals surface area contributed by atoms with Gasteiger partial charge in [-0.05, 0) is 23.6 Å². The Kier molecular flexibility index (Phi) is 4.15. The largest absolute Gasteiger partial charge is 0.496 e. The van der Waals surface area contributed by atoms with E-state index in [1.54, 1.807) is 35.6 Å². The number of carbonyl (C=O) groups is 1. The quantitative estimate of drug-likeness (QED) is 0.783. The highest BCUT2D eigenvalue weighted by atomic mass is 32.1. The summed E-state index contributed by atoms with van der Waals surface area (Å²) in [6, 6.07) is 10.9. The Morgan fingerprint density at radius 3 is 2.91 bits per heavy atom. The van der Waals surface area contributed by atoms with Crippen molar-refractivity contribution in [3.8, 4) is 5.75 Å². The molecule has 1 N–H and O–H groups in total. The molecule has 112 valence electrons. The summed E-state index contributed by atoms with van der Waals surface area (Å²) in [4.78, 5) is 13.3. The summed E-state index contributed by atoms with van der Waals surface area (Å²) in [5.41, 5.74) is 0.406. The Morgan fingerprint density at radius 1 is 1.27 bits per heavy atom. The molecule has 3 rings (SSSR count). The van der Waals surface area contributed by atoms with Crippen LogP contribution in [0.1, 0.15) is 21.1 Å². The standard InChI is InChI=1S/C15H13N3O3S/c1-20-12-7-3-2-6-11(12)14(19)16-15-18-17-13(21-15)9-10-5-4-8-22-10/h2-8H,9H2,1H3,(H,16,18,19). The molecule has 0 saturated heterocycles. The van der Waals surface area contributed by atoms with E-state index in [0.29, 0.717) is 23.6 Å². The number of hydrogen-bond acceptors (Lipinski definition) is 6. The van der Waals surface area contributed by atoms with Crippen molar-refractivity contribution in [3.63, 3.8) is 0 Å². The number of nitrogens with zero attached hydrogens (tertiary/aromatic N) is 2. The fourth-order valence-corrected chi connectivity index (χ4v) is 2.63. The monoisotopic (exact) mass is 315 g/mol. The van der Waals surface area contributed by atoms with Crippen LogP contribution in [0.15, 0.2) is 46.2 Å². The molecule has 1 aromatic carbocycles. The van der Waals surface area contributed by atoms with Gasteiger partial charge in [-0.25, -0.2) is 0 Å². The highest BCUT2D eigenvalue weighted by Gasteiger charge is 2.15. The molecule has 0 aliphatic carbocycles. The molecule has 0 unspecified atom stereocenters. The molecule has 0 radical (unpaired) electrons. The summed E-state index contributed by atoms with van der Waals surface area (Å²) in [5, 5.41) is 12.3. The smallest absolute Gasteiger partial charge is 0.322 e. The molecule has 0 aliphatic heterocycles. The number of ether oxygens (including phenoxy) is 1. The number of aromatic nitrogens is 2. The highest BCUT2D eigenvalue weighted by molar-refractivity contribution is 7.09. The van der Waals surface area contributed by atoms with Crippen LogP contribution in [0.4, 0.5) is 6.01 Å². The summed E-state index contributed by atoms with van der Waals surface area (Å²) in [5.74, 6) is 0.583. The lowest BCUT2D eigenvalue weighted by Gasteiger charge is -2.06. The van der Waals surface area contributed by atoms with Crippen LogP contribution in [0.3, 0.4) is 0 Å². The van der Waals surface area contributed by atoms with Crippen LogP contribution in [0.5, 0.6) is 5.75 Å². The van der Waals surface area contributed by atoms with Crippen molar-refractivity contribution in [2.75, 3.05) is 12.4 Å². The van der Waals surface area contributed by atoms with Crippen molar-refractivity contribution in [3.05, 3.63) is 58.1 Å². The van der Waals surface area contributed by atoms with Crippen LogP contribution in [0, 0.1) is 0 Å². The van der Waals surface area contributed by atoms with E-state index < -0.39 is 0 Å². The van der Waals surface area contributed by atoms with E-state index in [-0.39, 0.29) is 11.9 Å². The van der Waals surface area contributed by atoms with Crippen LogP contribution in [0.2, 0.25) is 0 Å². The molecule has 2 aromatic heterocycles. The van der Waals surface area contributed by atoms with E-state index in [2.05, 4.69) is 15.5 Å². The zero-order valence-corrected chi connectivity index (χ0v) is 12.6. The summed E-state index contributed by atoms with van der Waals surface area (Å²) in [6.07, 6.45) is 0.551. The van der Waals surface area contributed by atoms with Crippen molar-refractivity contribution in [2.24, 2.45) is 0 Å². The molecule has 3 aromatic rings. The van der Waals surface area contributed by atoms with Crippen LogP contribution >= 0.6 is 11.3 Å². The average molecular weight is 315 g/mol. The maximum atomic E-state index is 12.2. The number of para-hydroxylation sites is 1. The number of rotatable bonds is 5. The first-order chi connectivity index (χ1) is 10.8. The second-order valence-corrected chi connectivity index (χ2v) is 5.44. The molecule has 0 saturated carbocycles. The number of thiophene rings is 1. The van der Waals surface area contributed by atoms with Crippen molar-refractivity contribution in [1.29, 1.82) is 0 Å². The number of benzene rings is 1. The highest BCUT2D eigenvalue weighted by Crippen LogP contribution is 2.19. The summed E-state index contributed by atoms with van der Waals surface area (Å²) in [7, 11) is 1.51. The van der Waals surface area contributed by atoms with Gasteiger partial charge in [-0.3, -0.25) is 10.1 Å². The summed E-state index contributed by atoms with van der Waals surface area (Å²) >= 11 is 1.61. The third-order valence-electron chi connectivity index (χ3n) is 2.94. The molecule has 0 fully saturated rings. The van der Waals surface area contributed by atoms with Crippen molar-refractivity contribution < 1.29 is 13.9 Å². The Hall–Kier alpha value is -2.67.